The molecule has 1 heterocycles. The van der Waals surface area contributed by atoms with E-state index in [0.29, 0.717) is 5.75 Å². The van der Waals surface area contributed by atoms with E-state index in [1.54, 1.807) is 13.2 Å². The highest BCUT2D eigenvalue weighted by Crippen LogP contribution is 2.35. The topological polar surface area (TPSA) is 44.7 Å². The quantitative estimate of drug-likeness (QED) is 0.755. The molecule has 0 aromatic heterocycles. The van der Waals surface area contributed by atoms with Crippen LogP contribution in [0.1, 0.15) is 0 Å². The SMILES string of the molecule is COc1cccc(N2CCNCC2)c1O. The lowest BCUT2D eigenvalue weighted by atomic mass is 10.2. The fraction of sp³-hybridized carbons (Fsp3) is 0.455. The Morgan fingerprint density at radius 3 is 2.73 bits per heavy atom. The van der Waals surface area contributed by atoms with Crippen LogP contribution < -0.4 is 15.0 Å². The molecule has 4 heteroatoms. The molecule has 1 aromatic rings. The predicted molar refractivity (Wildman–Crippen MR) is 59.7 cm³/mol. The first kappa shape index (κ1) is 10.1. The Kier molecular flexibility index (Phi) is 2.97. The second-order valence-electron chi connectivity index (χ2n) is 3.57. The number of rotatable bonds is 2. The summed E-state index contributed by atoms with van der Waals surface area (Å²) in [4.78, 5) is 2.16. The largest absolute Gasteiger partial charge is 0.503 e. The molecule has 1 aliphatic rings. The summed E-state index contributed by atoms with van der Waals surface area (Å²) in [6.45, 7) is 3.74. The van der Waals surface area contributed by atoms with Gasteiger partial charge in [-0.05, 0) is 12.1 Å². The molecule has 15 heavy (non-hydrogen) atoms. The Hall–Kier alpha value is -1.42. The minimum Gasteiger partial charge on any atom is -0.503 e. The molecule has 2 rings (SSSR count). The number of para-hydroxylation sites is 1. The van der Waals surface area contributed by atoms with Crippen LogP contribution >= 0.6 is 0 Å². The van der Waals surface area contributed by atoms with Gasteiger partial charge in [-0.15, -0.1) is 0 Å². The first-order chi connectivity index (χ1) is 7.33. The summed E-state index contributed by atoms with van der Waals surface area (Å²) in [5.41, 5.74) is 0.857. The van der Waals surface area contributed by atoms with Gasteiger partial charge in [-0.3, -0.25) is 0 Å². The average molecular weight is 208 g/mol. The van der Waals surface area contributed by atoms with Crippen molar-refractivity contribution >= 4 is 5.69 Å². The van der Waals surface area contributed by atoms with Crippen LogP contribution in [0.5, 0.6) is 11.5 Å². The summed E-state index contributed by atoms with van der Waals surface area (Å²) in [7, 11) is 1.57. The van der Waals surface area contributed by atoms with E-state index in [4.69, 9.17) is 4.74 Å². The minimum absolute atomic E-state index is 0.238. The van der Waals surface area contributed by atoms with E-state index < -0.39 is 0 Å². The molecule has 0 atom stereocenters. The van der Waals surface area contributed by atoms with E-state index in [9.17, 15) is 5.11 Å². The Labute approximate surface area is 89.5 Å². The summed E-state index contributed by atoms with van der Waals surface area (Å²) < 4.78 is 5.08. The molecule has 0 unspecified atom stereocenters. The Morgan fingerprint density at radius 2 is 2.07 bits per heavy atom. The van der Waals surface area contributed by atoms with E-state index in [2.05, 4.69) is 10.2 Å². The lowest BCUT2D eigenvalue weighted by Crippen LogP contribution is -2.43. The number of ether oxygens (including phenoxy) is 1. The maximum absolute atomic E-state index is 9.95. The molecule has 0 amide bonds. The van der Waals surface area contributed by atoms with Crippen LogP contribution in [0.15, 0.2) is 18.2 Å². The summed E-state index contributed by atoms with van der Waals surface area (Å²) in [6.07, 6.45) is 0. The average Bonchev–Trinajstić information content (AvgIpc) is 2.30. The van der Waals surface area contributed by atoms with Crippen molar-refractivity contribution in [2.75, 3.05) is 38.2 Å². The van der Waals surface area contributed by atoms with Gasteiger partial charge in [0.15, 0.2) is 11.5 Å². The van der Waals surface area contributed by atoms with E-state index in [0.717, 1.165) is 31.9 Å². The zero-order chi connectivity index (χ0) is 10.7. The second-order valence-corrected chi connectivity index (χ2v) is 3.57. The Bertz CT molecular complexity index is 335. The summed E-state index contributed by atoms with van der Waals surface area (Å²) in [6, 6.07) is 5.58. The number of nitrogens with one attached hydrogen (secondary N) is 1. The van der Waals surface area contributed by atoms with Crippen molar-refractivity contribution in [2.24, 2.45) is 0 Å². The molecule has 0 bridgehead atoms. The molecule has 1 fully saturated rings. The lowest BCUT2D eigenvalue weighted by Gasteiger charge is -2.30. The smallest absolute Gasteiger partial charge is 0.181 e. The van der Waals surface area contributed by atoms with Gasteiger partial charge in [0.1, 0.15) is 0 Å². The third-order valence-corrected chi connectivity index (χ3v) is 2.66. The number of methoxy groups -OCH3 is 1. The first-order valence-electron chi connectivity index (χ1n) is 5.14. The Balaban J connectivity index is 2.26. The molecule has 1 aliphatic heterocycles. The molecule has 1 aromatic carbocycles. The van der Waals surface area contributed by atoms with Gasteiger partial charge in [0.05, 0.1) is 12.8 Å². The fourth-order valence-corrected chi connectivity index (χ4v) is 1.84. The molecular weight excluding hydrogens is 192 g/mol. The molecule has 2 N–H and O–H groups in total. The number of anilines is 1. The van der Waals surface area contributed by atoms with Crippen molar-refractivity contribution in [3.05, 3.63) is 18.2 Å². The number of phenolic OH excluding ortho intramolecular Hbond substituents is 1. The first-order valence-corrected chi connectivity index (χ1v) is 5.14. The molecule has 1 saturated heterocycles. The van der Waals surface area contributed by atoms with Gasteiger partial charge >= 0.3 is 0 Å². The number of hydrogen-bond acceptors (Lipinski definition) is 4. The zero-order valence-corrected chi connectivity index (χ0v) is 8.86. The summed E-state index contributed by atoms with van der Waals surface area (Å²) in [5, 5.41) is 13.2. The maximum Gasteiger partial charge on any atom is 0.181 e. The van der Waals surface area contributed by atoms with Crippen molar-refractivity contribution in [1.82, 2.24) is 5.32 Å². The van der Waals surface area contributed by atoms with Crippen LogP contribution in [-0.2, 0) is 0 Å². The molecule has 0 aliphatic carbocycles. The summed E-state index contributed by atoms with van der Waals surface area (Å²) in [5.74, 6) is 0.771. The minimum atomic E-state index is 0.238. The number of hydrogen-bond donors (Lipinski definition) is 2. The third-order valence-electron chi connectivity index (χ3n) is 2.66. The van der Waals surface area contributed by atoms with E-state index >= 15 is 0 Å². The molecule has 0 spiro atoms. The molecule has 0 radical (unpaired) electrons. The number of piperazine rings is 1. The standard InChI is InChI=1S/C11H16N2O2/c1-15-10-4-2-3-9(11(10)14)13-7-5-12-6-8-13/h2-4,12,14H,5-8H2,1H3. The van der Waals surface area contributed by atoms with Gasteiger partial charge in [-0.1, -0.05) is 6.07 Å². The van der Waals surface area contributed by atoms with Crippen molar-refractivity contribution in [3.8, 4) is 11.5 Å². The summed E-state index contributed by atoms with van der Waals surface area (Å²) >= 11 is 0. The molecule has 4 nitrogen and oxygen atoms in total. The highest BCUT2D eigenvalue weighted by Gasteiger charge is 2.15. The monoisotopic (exact) mass is 208 g/mol. The van der Waals surface area contributed by atoms with Gasteiger partial charge in [0.2, 0.25) is 0 Å². The van der Waals surface area contributed by atoms with Gasteiger partial charge in [0, 0.05) is 26.2 Å². The van der Waals surface area contributed by atoms with Crippen LogP contribution in [0, 0.1) is 0 Å². The van der Waals surface area contributed by atoms with Crippen molar-refractivity contribution < 1.29 is 9.84 Å². The number of aromatic hydroxyl groups is 1. The highest BCUT2D eigenvalue weighted by atomic mass is 16.5. The highest BCUT2D eigenvalue weighted by molar-refractivity contribution is 5.64. The van der Waals surface area contributed by atoms with Crippen LogP contribution in [0.2, 0.25) is 0 Å². The van der Waals surface area contributed by atoms with Gasteiger partial charge in [0.25, 0.3) is 0 Å². The number of phenols is 1. The van der Waals surface area contributed by atoms with Crippen LogP contribution in [-0.4, -0.2) is 38.4 Å². The van der Waals surface area contributed by atoms with E-state index in [1.807, 2.05) is 12.1 Å². The number of nitrogens with zero attached hydrogens (tertiary/aromatic N) is 1. The lowest BCUT2D eigenvalue weighted by molar-refractivity contribution is 0.373. The normalized spacial score (nSPS) is 16.5. The van der Waals surface area contributed by atoms with Gasteiger partial charge in [-0.2, -0.15) is 0 Å². The maximum atomic E-state index is 9.95. The van der Waals surface area contributed by atoms with Crippen LogP contribution in [0.4, 0.5) is 5.69 Å². The van der Waals surface area contributed by atoms with Gasteiger partial charge in [-0.25, -0.2) is 0 Å². The predicted octanol–water partition coefficient (Wildman–Crippen LogP) is 0.810. The van der Waals surface area contributed by atoms with Gasteiger partial charge < -0.3 is 20.1 Å². The van der Waals surface area contributed by atoms with Crippen molar-refractivity contribution in [1.29, 1.82) is 0 Å². The molecular formula is C11H16N2O2. The molecule has 82 valence electrons. The van der Waals surface area contributed by atoms with Crippen molar-refractivity contribution in [3.63, 3.8) is 0 Å². The van der Waals surface area contributed by atoms with E-state index in [1.165, 1.54) is 0 Å². The van der Waals surface area contributed by atoms with Crippen LogP contribution in [0.3, 0.4) is 0 Å². The van der Waals surface area contributed by atoms with Crippen molar-refractivity contribution in [2.45, 2.75) is 0 Å². The second kappa shape index (κ2) is 4.40. The van der Waals surface area contributed by atoms with E-state index in [-0.39, 0.29) is 5.75 Å². The third kappa shape index (κ3) is 1.99. The number of benzene rings is 1. The molecule has 0 saturated carbocycles. The Morgan fingerprint density at radius 1 is 1.33 bits per heavy atom. The zero-order valence-electron chi connectivity index (χ0n) is 8.86. The van der Waals surface area contributed by atoms with Crippen LogP contribution in [0.25, 0.3) is 0 Å². The fourth-order valence-electron chi connectivity index (χ4n) is 1.84.